The van der Waals surface area contributed by atoms with Crippen LogP contribution in [0.5, 0.6) is 0 Å². The van der Waals surface area contributed by atoms with Gasteiger partial charge in [-0.2, -0.15) is 5.10 Å². The van der Waals surface area contributed by atoms with Gasteiger partial charge in [-0.1, -0.05) is 24.3 Å². The first-order valence-electron chi connectivity index (χ1n) is 9.05. The molecule has 7 heteroatoms. The largest absolute Gasteiger partial charge is 0.268 e. The van der Waals surface area contributed by atoms with Gasteiger partial charge >= 0.3 is 0 Å². The van der Waals surface area contributed by atoms with Crippen LogP contribution in [0.15, 0.2) is 64.3 Å². The van der Waals surface area contributed by atoms with Gasteiger partial charge in [0.1, 0.15) is 0 Å². The zero-order valence-corrected chi connectivity index (χ0v) is 17.0. The zero-order chi connectivity index (χ0) is 20.3. The Morgan fingerprint density at radius 2 is 1.75 bits per heavy atom. The van der Waals surface area contributed by atoms with Gasteiger partial charge in [0.15, 0.2) is 0 Å². The molecule has 146 valence electrons. The van der Waals surface area contributed by atoms with E-state index in [0.29, 0.717) is 24.2 Å². The number of aromatic amines is 1. The lowest BCUT2D eigenvalue weighted by atomic mass is 10.1. The van der Waals surface area contributed by atoms with E-state index in [1.807, 2.05) is 32.0 Å². The van der Waals surface area contributed by atoms with Crippen LogP contribution in [0.25, 0.3) is 0 Å². The topological polar surface area (TPSA) is 83.1 Å². The third-order valence-corrected chi connectivity index (χ3v) is 6.41. The predicted molar refractivity (Wildman–Crippen MR) is 110 cm³/mol. The summed E-state index contributed by atoms with van der Waals surface area (Å²) in [6, 6.07) is 15.8. The van der Waals surface area contributed by atoms with Crippen molar-refractivity contribution in [3.05, 3.63) is 87.3 Å². The number of aromatic nitrogens is 2. The Morgan fingerprint density at radius 1 is 1.04 bits per heavy atom. The fraction of sp³-hybridized carbons (Fsp3) is 0.238. The average Bonchev–Trinajstić information content (AvgIpc) is 2.66. The molecule has 0 atom stereocenters. The summed E-state index contributed by atoms with van der Waals surface area (Å²) in [6.07, 6.45) is 0.411. The van der Waals surface area contributed by atoms with Crippen LogP contribution in [0.2, 0.25) is 0 Å². The maximum Gasteiger partial charge on any atom is 0.267 e. The zero-order valence-electron chi connectivity index (χ0n) is 16.1. The number of anilines is 1. The first-order valence-corrected chi connectivity index (χ1v) is 10.5. The number of aryl methyl sites for hydroxylation is 2. The maximum absolute atomic E-state index is 13.1. The minimum absolute atomic E-state index is 0.222. The molecule has 0 aliphatic rings. The van der Waals surface area contributed by atoms with Crippen molar-refractivity contribution in [1.29, 1.82) is 0 Å². The Labute approximate surface area is 164 Å². The third-order valence-electron chi connectivity index (χ3n) is 4.49. The molecule has 0 unspecified atom stereocenters. The van der Waals surface area contributed by atoms with Crippen LogP contribution < -0.4 is 9.86 Å². The van der Waals surface area contributed by atoms with E-state index in [1.165, 1.54) is 4.31 Å². The van der Waals surface area contributed by atoms with Crippen LogP contribution in [0.1, 0.15) is 29.3 Å². The summed E-state index contributed by atoms with van der Waals surface area (Å²) < 4.78 is 27.6. The van der Waals surface area contributed by atoms with E-state index >= 15 is 0 Å². The Hall–Kier alpha value is -2.93. The highest BCUT2D eigenvalue weighted by Gasteiger charge is 2.23. The quantitative estimate of drug-likeness (QED) is 0.692. The molecule has 0 bridgehead atoms. The standard InChI is InChI=1S/C21H23N3O3S/c1-4-24(19-7-5-6-15(2)12-19)28(26,27)20-10-8-17(9-11-20)14-18-13-16(3)22-23-21(18)25/h5-13H,4,14H2,1-3H3,(H,23,25). The highest BCUT2D eigenvalue weighted by atomic mass is 32.2. The van der Waals surface area contributed by atoms with Crippen LogP contribution in [0, 0.1) is 13.8 Å². The van der Waals surface area contributed by atoms with Crippen LogP contribution in [-0.4, -0.2) is 25.2 Å². The Balaban J connectivity index is 1.89. The number of H-pyrrole nitrogens is 1. The first kappa shape index (κ1) is 19.8. The lowest BCUT2D eigenvalue weighted by Crippen LogP contribution is -2.30. The molecule has 0 radical (unpaired) electrons. The highest BCUT2D eigenvalue weighted by Crippen LogP contribution is 2.24. The number of hydrogen-bond acceptors (Lipinski definition) is 4. The predicted octanol–water partition coefficient (Wildman–Crippen LogP) is 3.19. The molecule has 0 aliphatic carbocycles. The molecule has 1 heterocycles. The van der Waals surface area contributed by atoms with E-state index in [-0.39, 0.29) is 10.5 Å². The molecule has 3 aromatic rings. The molecule has 6 nitrogen and oxygen atoms in total. The van der Waals surface area contributed by atoms with Gasteiger partial charge in [0.05, 0.1) is 16.3 Å². The molecule has 2 aromatic carbocycles. The molecular weight excluding hydrogens is 374 g/mol. The van der Waals surface area contributed by atoms with Crippen LogP contribution in [-0.2, 0) is 16.4 Å². The summed E-state index contributed by atoms with van der Waals surface area (Å²) in [4.78, 5) is 12.1. The van der Waals surface area contributed by atoms with Crippen LogP contribution in [0.3, 0.4) is 0 Å². The van der Waals surface area contributed by atoms with Gasteiger partial charge in [0, 0.05) is 18.5 Å². The normalized spacial score (nSPS) is 11.4. The van der Waals surface area contributed by atoms with E-state index < -0.39 is 10.0 Å². The fourth-order valence-corrected chi connectivity index (χ4v) is 4.56. The second-order valence-electron chi connectivity index (χ2n) is 6.69. The molecule has 0 spiro atoms. The van der Waals surface area contributed by atoms with Crippen molar-refractivity contribution in [2.45, 2.75) is 32.1 Å². The number of rotatable bonds is 6. The average molecular weight is 398 g/mol. The maximum atomic E-state index is 13.1. The lowest BCUT2D eigenvalue weighted by Gasteiger charge is -2.23. The molecule has 0 aliphatic heterocycles. The van der Waals surface area contributed by atoms with E-state index in [2.05, 4.69) is 10.2 Å². The van der Waals surface area contributed by atoms with Gasteiger partial charge in [0.2, 0.25) is 0 Å². The summed E-state index contributed by atoms with van der Waals surface area (Å²) in [5, 5.41) is 6.33. The molecule has 0 saturated heterocycles. The van der Waals surface area contributed by atoms with Gasteiger partial charge in [-0.3, -0.25) is 9.10 Å². The van der Waals surface area contributed by atoms with Crippen molar-refractivity contribution in [3.8, 4) is 0 Å². The van der Waals surface area contributed by atoms with Crippen molar-refractivity contribution in [2.24, 2.45) is 0 Å². The molecule has 0 saturated carbocycles. The van der Waals surface area contributed by atoms with Gasteiger partial charge < -0.3 is 0 Å². The molecule has 1 N–H and O–H groups in total. The number of sulfonamides is 1. The summed E-state index contributed by atoms with van der Waals surface area (Å²) in [5.74, 6) is 0. The van der Waals surface area contributed by atoms with E-state index in [0.717, 1.165) is 16.8 Å². The Morgan fingerprint density at radius 3 is 2.39 bits per heavy atom. The molecule has 0 amide bonds. The second-order valence-corrected chi connectivity index (χ2v) is 8.56. The van der Waals surface area contributed by atoms with Crippen molar-refractivity contribution in [1.82, 2.24) is 10.2 Å². The molecule has 1 aromatic heterocycles. The Bertz CT molecular complexity index is 1140. The number of nitrogens with one attached hydrogen (secondary N) is 1. The first-order chi connectivity index (χ1) is 13.3. The number of hydrogen-bond donors (Lipinski definition) is 1. The minimum atomic E-state index is -3.67. The summed E-state index contributed by atoms with van der Waals surface area (Å²) in [5.41, 5.74) is 3.58. The smallest absolute Gasteiger partial charge is 0.267 e. The minimum Gasteiger partial charge on any atom is -0.268 e. The van der Waals surface area contributed by atoms with Crippen LogP contribution in [0.4, 0.5) is 5.69 Å². The van der Waals surface area contributed by atoms with Gasteiger partial charge in [-0.25, -0.2) is 13.5 Å². The summed E-state index contributed by atoms with van der Waals surface area (Å²) in [7, 11) is -3.67. The van der Waals surface area contributed by atoms with Crippen LogP contribution >= 0.6 is 0 Å². The molecule has 3 rings (SSSR count). The fourth-order valence-electron chi connectivity index (χ4n) is 3.09. The van der Waals surface area contributed by atoms with Crippen molar-refractivity contribution in [3.63, 3.8) is 0 Å². The Kier molecular flexibility index (Phi) is 5.65. The molecular formula is C21H23N3O3S. The number of nitrogens with zero attached hydrogens (tertiary/aromatic N) is 2. The third kappa shape index (κ3) is 4.14. The summed E-state index contributed by atoms with van der Waals surface area (Å²) in [6.45, 7) is 5.88. The van der Waals surface area contributed by atoms with Gasteiger partial charge in [-0.15, -0.1) is 0 Å². The lowest BCUT2D eigenvalue weighted by molar-refractivity contribution is 0.592. The SMILES string of the molecule is CCN(c1cccc(C)c1)S(=O)(=O)c1ccc(Cc2cc(C)n[nH]c2=O)cc1. The second kappa shape index (κ2) is 7.98. The van der Waals surface area contributed by atoms with Gasteiger partial charge in [-0.05, 0) is 62.2 Å². The monoisotopic (exact) mass is 397 g/mol. The molecule has 28 heavy (non-hydrogen) atoms. The van der Waals surface area contributed by atoms with Crippen molar-refractivity contribution < 1.29 is 8.42 Å². The molecule has 0 fully saturated rings. The van der Waals surface area contributed by atoms with Gasteiger partial charge in [0.25, 0.3) is 15.6 Å². The van der Waals surface area contributed by atoms with E-state index in [4.69, 9.17) is 0 Å². The van der Waals surface area contributed by atoms with E-state index in [1.54, 1.807) is 43.3 Å². The number of benzene rings is 2. The van der Waals surface area contributed by atoms with E-state index in [9.17, 15) is 13.2 Å². The summed E-state index contributed by atoms with van der Waals surface area (Å²) >= 11 is 0. The highest BCUT2D eigenvalue weighted by molar-refractivity contribution is 7.92. The van der Waals surface area contributed by atoms with Crippen molar-refractivity contribution >= 4 is 15.7 Å². The van der Waals surface area contributed by atoms with Crippen molar-refractivity contribution in [2.75, 3.05) is 10.8 Å².